The van der Waals surface area contributed by atoms with E-state index in [-0.39, 0.29) is 18.5 Å². The number of fused-ring (bicyclic) bond motifs is 1. The van der Waals surface area contributed by atoms with Gasteiger partial charge < -0.3 is 14.8 Å². The molecular formula is C19H19FN4O3S2. The van der Waals surface area contributed by atoms with E-state index in [1.54, 1.807) is 11.5 Å². The molecule has 1 unspecified atom stereocenters. The minimum absolute atomic E-state index is 0.138. The number of halogens is 1. The standard InChI is InChI=1S/C19H19FN4O3S2/c1-11(24-17(22-23-19(24)28)15-3-2-6-29-15)18(25)21-5-4-12-7-14(20)8-13-9-26-10-27-16(12)13/h2-3,6-8,11H,4-5,9-10H2,1H3,(H,21,25)(H,23,28). The van der Waals surface area contributed by atoms with Crippen LogP contribution < -0.4 is 10.1 Å². The number of aromatic amines is 1. The first-order valence-electron chi connectivity index (χ1n) is 9.05. The summed E-state index contributed by atoms with van der Waals surface area (Å²) >= 11 is 6.83. The van der Waals surface area contributed by atoms with Crippen LogP contribution in [0.25, 0.3) is 10.7 Å². The summed E-state index contributed by atoms with van der Waals surface area (Å²) < 4.78 is 26.6. The van der Waals surface area contributed by atoms with Gasteiger partial charge in [-0.05, 0) is 54.7 Å². The summed E-state index contributed by atoms with van der Waals surface area (Å²) in [5.41, 5.74) is 1.38. The molecule has 3 aromatic rings. The first kappa shape index (κ1) is 19.7. The zero-order valence-corrected chi connectivity index (χ0v) is 17.2. The Kier molecular flexibility index (Phi) is 5.74. The van der Waals surface area contributed by atoms with E-state index in [1.165, 1.54) is 23.5 Å². The molecule has 2 aromatic heterocycles. The predicted octanol–water partition coefficient (Wildman–Crippen LogP) is 3.59. The van der Waals surface area contributed by atoms with Crippen molar-refractivity contribution >= 4 is 29.5 Å². The van der Waals surface area contributed by atoms with Crippen LogP contribution in [-0.2, 0) is 22.6 Å². The molecular weight excluding hydrogens is 415 g/mol. The van der Waals surface area contributed by atoms with Crippen molar-refractivity contribution < 1.29 is 18.7 Å². The molecule has 3 heterocycles. The Bertz CT molecular complexity index is 1080. The molecule has 0 aliphatic carbocycles. The Morgan fingerprint density at radius 3 is 3.17 bits per heavy atom. The third kappa shape index (κ3) is 4.09. The molecule has 7 nitrogen and oxygen atoms in total. The van der Waals surface area contributed by atoms with E-state index in [0.29, 0.717) is 47.0 Å². The number of carbonyl (C=O) groups excluding carboxylic acids is 1. The maximum Gasteiger partial charge on any atom is 0.242 e. The fourth-order valence-electron chi connectivity index (χ4n) is 3.27. The van der Waals surface area contributed by atoms with Crippen molar-refractivity contribution in [3.05, 3.63) is 51.4 Å². The van der Waals surface area contributed by atoms with Crippen molar-refractivity contribution in [2.45, 2.75) is 26.0 Å². The SMILES string of the molecule is CC(C(=O)NCCc1cc(F)cc2c1OCOC2)n1c(-c2cccs2)n[nH]c1=S. The lowest BCUT2D eigenvalue weighted by Gasteiger charge is -2.21. The van der Waals surface area contributed by atoms with Crippen molar-refractivity contribution in [3.8, 4) is 16.5 Å². The molecule has 4 rings (SSSR count). The van der Waals surface area contributed by atoms with Gasteiger partial charge in [0.1, 0.15) is 17.6 Å². The molecule has 0 bridgehead atoms. The number of carbonyl (C=O) groups is 1. The molecule has 1 amide bonds. The number of nitrogens with zero attached hydrogens (tertiary/aromatic N) is 2. The Balaban J connectivity index is 1.45. The van der Waals surface area contributed by atoms with E-state index < -0.39 is 6.04 Å². The fraction of sp³-hybridized carbons (Fsp3) is 0.316. The number of benzene rings is 1. The predicted molar refractivity (Wildman–Crippen MR) is 109 cm³/mol. The number of thiophene rings is 1. The molecule has 1 aliphatic rings. The summed E-state index contributed by atoms with van der Waals surface area (Å²) in [5.74, 6) is 0.713. The number of nitrogens with one attached hydrogen (secondary N) is 2. The number of ether oxygens (including phenoxy) is 2. The summed E-state index contributed by atoms with van der Waals surface area (Å²) in [4.78, 5) is 13.6. The van der Waals surface area contributed by atoms with E-state index >= 15 is 0 Å². The topological polar surface area (TPSA) is 81.2 Å². The molecule has 2 N–H and O–H groups in total. The van der Waals surface area contributed by atoms with Gasteiger partial charge in [-0.3, -0.25) is 14.5 Å². The lowest BCUT2D eigenvalue weighted by molar-refractivity contribution is -0.123. The summed E-state index contributed by atoms with van der Waals surface area (Å²) in [6, 6.07) is 6.13. The van der Waals surface area contributed by atoms with Gasteiger partial charge in [-0.2, -0.15) is 5.10 Å². The number of amides is 1. The van der Waals surface area contributed by atoms with E-state index in [4.69, 9.17) is 21.7 Å². The van der Waals surface area contributed by atoms with Crippen molar-refractivity contribution in [2.24, 2.45) is 0 Å². The Labute approximate surface area is 175 Å². The molecule has 1 atom stereocenters. The van der Waals surface area contributed by atoms with Gasteiger partial charge in [-0.1, -0.05) is 6.07 Å². The van der Waals surface area contributed by atoms with Crippen LogP contribution in [0.15, 0.2) is 29.6 Å². The van der Waals surface area contributed by atoms with Crippen molar-refractivity contribution in [1.82, 2.24) is 20.1 Å². The molecule has 10 heteroatoms. The van der Waals surface area contributed by atoms with Crippen LogP contribution in [0, 0.1) is 10.6 Å². The number of rotatable bonds is 6. The van der Waals surface area contributed by atoms with Crippen LogP contribution in [0.5, 0.6) is 5.75 Å². The average Bonchev–Trinajstić information content (AvgIpc) is 3.36. The van der Waals surface area contributed by atoms with Gasteiger partial charge >= 0.3 is 0 Å². The summed E-state index contributed by atoms with van der Waals surface area (Å²) in [7, 11) is 0. The molecule has 0 spiro atoms. The summed E-state index contributed by atoms with van der Waals surface area (Å²) in [6.45, 7) is 2.55. The number of aromatic nitrogens is 3. The molecule has 0 radical (unpaired) electrons. The molecule has 1 aliphatic heterocycles. The van der Waals surface area contributed by atoms with E-state index in [2.05, 4.69) is 15.5 Å². The highest BCUT2D eigenvalue weighted by Gasteiger charge is 2.22. The highest BCUT2D eigenvalue weighted by molar-refractivity contribution is 7.71. The first-order chi connectivity index (χ1) is 14.0. The van der Waals surface area contributed by atoms with Crippen LogP contribution in [0.3, 0.4) is 0 Å². The maximum absolute atomic E-state index is 13.9. The van der Waals surface area contributed by atoms with Gasteiger partial charge in [0.15, 0.2) is 17.4 Å². The van der Waals surface area contributed by atoms with Crippen molar-refractivity contribution in [2.75, 3.05) is 13.3 Å². The second kappa shape index (κ2) is 8.44. The lowest BCUT2D eigenvalue weighted by Crippen LogP contribution is -2.33. The third-order valence-corrected chi connectivity index (χ3v) is 5.81. The molecule has 1 aromatic carbocycles. The monoisotopic (exact) mass is 434 g/mol. The van der Waals surface area contributed by atoms with Crippen molar-refractivity contribution in [1.29, 1.82) is 0 Å². The molecule has 0 saturated heterocycles. The van der Waals surface area contributed by atoms with Crippen LogP contribution in [0.1, 0.15) is 24.1 Å². The lowest BCUT2D eigenvalue weighted by atomic mass is 10.1. The maximum atomic E-state index is 13.9. The molecule has 0 fully saturated rings. The smallest absolute Gasteiger partial charge is 0.242 e. The van der Waals surface area contributed by atoms with Crippen LogP contribution in [-0.4, -0.2) is 34.0 Å². The number of hydrogen-bond donors (Lipinski definition) is 2. The Morgan fingerprint density at radius 1 is 1.52 bits per heavy atom. The van der Waals surface area contributed by atoms with Crippen LogP contribution >= 0.6 is 23.6 Å². The largest absolute Gasteiger partial charge is 0.467 e. The first-order valence-corrected chi connectivity index (χ1v) is 10.3. The van der Waals surface area contributed by atoms with Gasteiger partial charge in [-0.25, -0.2) is 4.39 Å². The van der Waals surface area contributed by atoms with Gasteiger partial charge in [-0.15, -0.1) is 11.3 Å². The van der Waals surface area contributed by atoms with Gasteiger partial charge in [0.05, 0.1) is 11.5 Å². The zero-order valence-electron chi connectivity index (χ0n) is 15.6. The van der Waals surface area contributed by atoms with E-state index in [0.717, 1.165) is 4.88 Å². The zero-order chi connectivity index (χ0) is 20.4. The van der Waals surface area contributed by atoms with Gasteiger partial charge in [0, 0.05) is 12.1 Å². The van der Waals surface area contributed by atoms with E-state index in [1.807, 2.05) is 17.5 Å². The van der Waals surface area contributed by atoms with Crippen LogP contribution in [0.2, 0.25) is 0 Å². The summed E-state index contributed by atoms with van der Waals surface area (Å²) in [5, 5.41) is 11.8. The molecule has 0 saturated carbocycles. The van der Waals surface area contributed by atoms with Crippen molar-refractivity contribution in [3.63, 3.8) is 0 Å². The van der Waals surface area contributed by atoms with Gasteiger partial charge in [0.25, 0.3) is 0 Å². The highest BCUT2D eigenvalue weighted by Crippen LogP contribution is 2.30. The second-order valence-electron chi connectivity index (χ2n) is 6.58. The van der Waals surface area contributed by atoms with Crippen LogP contribution in [0.4, 0.5) is 4.39 Å². The minimum Gasteiger partial charge on any atom is -0.467 e. The third-order valence-electron chi connectivity index (χ3n) is 4.66. The fourth-order valence-corrected chi connectivity index (χ4v) is 4.27. The Hall–Kier alpha value is -2.56. The summed E-state index contributed by atoms with van der Waals surface area (Å²) in [6.07, 6.45) is 0.438. The molecule has 152 valence electrons. The molecule has 29 heavy (non-hydrogen) atoms. The minimum atomic E-state index is -0.551. The highest BCUT2D eigenvalue weighted by atomic mass is 32.1. The normalized spacial score (nSPS) is 14.1. The number of hydrogen-bond acceptors (Lipinski definition) is 6. The average molecular weight is 435 g/mol. The van der Waals surface area contributed by atoms with E-state index in [9.17, 15) is 9.18 Å². The van der Waals surface area contributed by atoms with Gasteiger partial charge in [0.2, 0.25) is 5.91 Å². The number of H-pyrrole nitrogens is 1. The quantitative estimate of drug-likeness (QED) is 0.580. The second-order valence-corrected chi connectivity index (χ2v) is 7.91. The Morgan fingerprint density at radius 2 is 2.38 bits per heavy atom.